The normalized spacial score (nSPS) is 15.8. The summed E-state index contributed by atoms with van der Waals surface area (Å²) in [4.78, 5) is 13.3. The van der Waals surface area contributed by atoms with Gasteiger partial charge in [-0.2, -0.15) is 5.10 Å². The maximum atomic E-state index is 11.4. The predicted octanol–water partition coefficient (Wildman–Crippen LogP) is 2.27. The van der Waals surface area contributed by atoms with E-state index < -0.39 is 0 Å². The zero-order chi connectivity index (χ0) is 16.2. The van der Waals surface area contributed by atoms with E-state index >= 15 is 0 Å². The van der Waals surface area contributed by atoms with E-state index in [1.807, 2.05) is 27.9 Å². The van der Waals surface area contributed by atoms with E-state index in [4.69, 9.17) is 5.11 Å². The molecule has 0 radical (unpaired) electrons. The monoisotopic (exact) mass is 313 g/mol. The first kappa shape index (κ1) is 15.7. The van der Waals surface area contributed by atoms with Crippen LogP contribution in [0.25, 0.3) is 11.1 Å². The number of benzene rings is 1. The van der Waals surface area contributed by atoms with Crippen molar-refractivity contribution in [1.29, 1.82) is 0 Å². The van der Waals surface area contributed by atoms with Gasteiger partial charge in [0.1, 0.15) is 0 Å². The van der Waals surface area contributed by atoms with Gasteiger partial charge in [-0.3, -0.25) is 9.48 Å². The van der Waals surface area contributed by atoms with Gasteiger partial charge in [0.2, 0.25) is 5.91 Å². The first-order valence-corrected chi connectivity index (χ1v) is 8.17. The highest BCUT2D eigenvalue weighted by atomic mass is 16.3. The van der Waals surface area contributed by atoms with E-state index in [2.05, 4.69) is 23.4 Å². The van der Waals surface area contributed by atoms with Crippen molar-refractivity contribution in [2.75, 3.05) is 19.7 Å². The smallest absolute Gasteiger partial charge is 0.219 e. The molecule has 0 saturated carbocycles. The third kappa shape index (κ3) is 3.62. The Kier molecular flexibility index (Phi) is 4.76. The lowest BCUT2D eigenvalue weighted by atomic mass is 10.0. The number of carbonyl (C=O) groups is 1. The van der Waals surface area contributed by atoms with E-state index in [1.54, 1.807) is 6.92 Å². The van der Waals surface area contributed by atoms with Crippen LogP contribution in [0.4, 0.5) is 0 Å². The number of hydrogen-bond donors (Lipinski definition) is 1. The quantitative estimate of drug-likeness (QED) is 0.942. The Morgan fingerprint density at radius 2 is 1.91 bits per heavy atom. The minimum atomic E-state index is 0.160. The highest BCUT2D eigenvalue weighted by Gasteiger charge is 2.22. The molecule has 1 aliphatic rings. The first-order chi connectivity index (χ1) is 11.2. The third-order valence-corrected chi connectivity index (χ3v) is 4.57. The van der Waals surface area contributed by atoms with Gasteiger partial charge in [-0.05, 0) is 30.4 Å². The fourth-order valence-corrected chi connectivity index (χ4v) is 3.13. The molecule has 0 atom stereocenters. The summed E-state index contributed by atoms with van der Waals surface area (Å²) in [6.07, 6.45) is 6.59. The van der Waals surface area contributed by atoms with Crippen molar-refractivity contribution in [3.05, 3.63) is 42.2 Å². The van der Waals surface area contributed by atoms with Gasteiger partial charge in [-0.25, -0.2) is 0 Å². The molecule has 1 aromatic carbocycles. The first-order valence-electron chi connectivity index (χ1n) is 8.17. The van der Waals surface area contributed by atoms with Gasteiger partial charge < -0.3 is 10.0 Å². The lowest BCUT2D eigenvalue weighted by molar-refractivity contribution is -0.130. The number of carbonyl (C=O) groups excluding carboxylic acids is 1. The topological polar surface area (TPSA) is 58.4 Å². The number of hydrogen-bond acceptors (Lipinski definition) is 3. The molecular weight excluding hydrogens is 290 g/mol. The molecule has 1 aromatic heterocycles. The highest BCUT2D eigenvalue weighted by molar-refractivity contribution is 5.73. The standard InChI is InChI=1S/C18H23N3O2/c1-14(23)20-9-6-18(7-10-20)21-13-17(12-19-21)16-4-2-15(3-5-16)8-11-22/h2-5,12-13,18,22H,6-11H2,1H3. The fraction of sp³-hybridized carbons (Fsp3) is 0.444. The van der Waals surface area contributed by atoms with E-state index in [0.717, 1.165) is 42.6 Å². The Labute approximate surface area is 136 Å². The SMILES string of the molecule is CC(=O)N1CCC(n2cc(-c3ccc(CCO)cc3)cn2)CC1. The number of aliphatic hydroxyl groups is 1. The number of piperidine rings is 1. The Morgan fingerprint density at radius 1 is 1.22 bits per heavy atom. The number of aromatic nitrogens is 2. The second-order valence-corrected chi connectivity index (χ2v) is 6.12. The van der Waals surface area contributed by atoms with Crippen molar-refractivity contribution in [2.45, 2.75) is 32.2 Å². The molecule has 1 N–H and O–H groups in total. The van der Waals surface area contributed by atoms with Gasteiger partial charge in [-0.1, -0.05) is 24.3 Å². The summed E-state index contributed by atoms with van der Waals surface area (Å²) >= 11 is 0. The summed E-state index contributed by atoms with van der Waals surface area (Å²) < 4.78 is 2.04. The number of likely N-dealkylation sites (tertiary alicyclic amines) is 1. The summed E-state index contributed by atoms with van der Waals surface area (Å²) in [7, 11) is 0. The lowest BCUT2D eigenvalue weighted by Crippen LogP contribution is -2.37. The Balaban J connectivity index is 1.67. The number of nitrogens with zero attached hydrogens (tertiary/aromatic N) is 3. The lowest BCUT2D eigenvalue weighted by Gasteiger charge is -2.31. The Hall–Kier alpha value is -2.14. The van der Waals surface area contributed by atoms with Crippen LogP contribution in [0.1, 0.15) is 31.4 Å². The highest BCUT2D eigenvalue weighted by Crippen LogP contribution is 2.25. The minimum Gasteiger partial charge on any atom is -0.396 e. The number of amides is 1. The van der Waals surface area contributed by atoms with E-state index in [-0.39, 0.29) is 12.5 Å². The predicted molar refractivity (Wildman–Crippen MR) is 89.0 cm³/mol. The summed E-state index contributed by atoms with van der Waals surface area (Å²) in [6.45, 7) is 3.43. The Bertz CT molecular complexity index is 655. The third-order valence-electron chi connectivity index (χ3n) is 4.57. The van der Waals surface area contributed by atoms with Crippen molar-refractivity contribution in [3.63, 3.8) is 0 Å². The summed E-state index contributed by atoms with van der Waals surface area (Å²) in [5.74, 6) is 0.160. The molecule has 122 valence electrons. The summed E-state index contributed by atoms with van der Waals surface area (Å²) in [5.41, 5.74) is 3.38. The van der Waals surface area contributed by atoms with Crippen molar-refractivity contribution in [3.8, 4) is 11.1 Å². The molecule has 23 heavy (non-hydrogen) atoms. The average molecular weight is 313 g/mol. The van der Waals surface area contributed by atoms with Crippen LogP contribution in [0.2, 0.25) is 0 Å². The van der Waals surface area contributed by atoms with Gasteiger partial charge in [-0.15, -0.1) is 0 Å². The van der Waals surface area contributed by atoms with Crippen molar-refractivity contribution >= 4 is 5.91 Å². The van der Waals surface area contributed by atoms with Gasteiger partial charge >= 0.3 is 0 Å². The van der Waals surface area contributed by atoms with Crippen molar-refractivity contribution in [1.82, 2.24) is 14.7 Å². The van der Waals surface area contributed by atoms with E-state index in [9.17, 15) is 4.79 Å². The van der Waals surface area contributed by atoms with Crippen LogP contribution in [0.5, 0.6) is 0 Å². The van der Waals surface area contributed by atoms with Gasteiger partial charge in [0.05, 0.1) is 12.2 Å². The zero-order valence-corrected chi connectivity index (χ0v) is 13.5. The van der Waals surface area contributed by atoms with Crippen LogP contribution in [-0.4, -0.2) is 45.4 Å². The summed E-state index contributed by atoms with van der Waals surface area (Å²) in [5, 5.41) is 13.5. The number of rotatable bonds is 4. The van der Waals surface area contributed by atoms with Crippen LogP contribution < -0.4 is 0 Å². The molecule has 1 saturated heterocycles. The van der Waals surface area contributed by atoms with Gasteiger partial charge in [0, 0.05) is 38.4 Å². The molecule has 2 aromatic rings. The fourth-order valence-electron chi connectivity index (χ4n) is 3.13. The summed E-state index contributed by atoms with van der Waals surface area (Å²) in [6, 6.07) is 8.62. The molecule has 5 heteroatoms. The molecule has 3 rings (SSSR count). The molecular formula is C18H23N3O2. The molecule has 0 unspecified atom stereocenters. The minimum absolute atomic E-state index is 0.160. The van der Waals surface area contributed by atoms with Crippen LogP contribution in [0, 0.1) is 0 Å². The molecule has 1 fully saturated rings. The maximum Gasteiger partial charge on any atom is 0.219 e. The van der Waals surface area contributed by atoms with Gasteiger partial charge in [0.25, 0.3) is 0 Å². The maximum absolute atomic E-state index is 11.4. The average Bonchev–Trinajstić information content (AvgIpc) is 3.06. The molecule has 0 spiro atoms. The molecule has 0 aliphatic carbocycles. The molecule has 2 heterocycles. The second kappa shape index (κ2) is 6.96. The van der Waals surface area contributed by atoms with Crippen LogP contribution >= 0.6 is 0 Å². The zero-order valence-electron chi connectivity index (χ0n) is 13.5. The van der Waals surface area contributed by atoms with E-state index in [1.165, 1.54) is 0 Å². The largest absolute Gasteiger partial charge is 0.396 e. The molecule has 0 bridgehead atoms. The van der Waals surface area contributed by atoms with Crippen molar-refractivity contribution < 1.29 is 9.90 Å². The van der Waals surface area contributed by atoms with Crippen LogP contribution in [0.15, 0.2) is 36.7 Å². The van der Waals surface area contributed by atoms with Crippen LogP contribution in [-0.2, 0) is 11.2 Å². The second-order valence-electron chi connectivity index (χ2n) is 6.12. The number of aliphatic hydroxyl groups excluding tert-OH is 1. The van der Waals surface area contributed by atoms with Crippen molar-refractivity contribution in [2.24, 2.45) is 0 Å². The van der Waals surface area contributed by atoms with Gasteiger partial charge in [0.15, 0.2) is 0 Å². The Morgan fingerprint density at radius 3 is 2.52 bits per heavy atom. The van der Waals surface area contributed by atoms with Crippen LogP contribution in [0.3, 0.4) is 0 Å². The molecule has 1 amide bonds. The molecule has 1 aliphatic heterocycles. The van der Waals surface area contributed by atoms with E-state index in [0.29, 0.717) is 12.5 Å². The molecule has 5 nitrogen and oxygen atoms in total.